The van der Waals surface area contributed by atoms with Crippen LogP contribution in [-0.4, -0.2) is 32.6 Å². The maximum absolute atomic E-state index is 13.3. The molecule has 0 spiro atoms. The molecule has 1 atom stereocenters. The molecule has 1 aliphatic carbocycles. The topological polar surface area (TPSA) is 109 Å². The van der Waals surface area contributed by atoms with Gasteiger partial charge in [0, 0.05) is 31.2 Å². The minimum absolute atomic E-state index is 0.0775. The number of hydrogen-bond acceptors (Lipinski definition) is 4. The summed E-state index contributed by atoms with van der Waals surface area (Å²) in [5, 5.41) is 9.97. The van der Waals surface area contributed by atoms with Crippen molar-refractivity contribution in [2.75, 3.05) is 5.32 Å². The molecule has 1 saturated carbocycles. The van der Waals surface area contributed by atoms with Crippen LogP contribution in [0.2, 0.25) is 0 Å². The van der Waals surface area contributed by atoms with E-state index in [1.54, 1.807) is 37.6 Å². The maximum Gasteiger partial charge on any atom is 0.270 e. The molecule has 3 N–H and O–H groups in total. The molecule has 8 nitrogen and oxygen atoms in total. The summed E-state index contributed by atoms with van der Waals surface area (Å²) < 4.78 is 1.50. The van der Waals surface area contributed by atoms with Crippen molar-refractivity contribution in [2.24, 2.45) is 18.9 Å². The number of nitrogens with zero attached hydrogens (tertiary/aromatic N) is 2. The molecular formula is C25H29N5O3. The summed E-state index contributed by atoms with van der Waals surface area (Å²) in [5.41, 5.74) is 2.56. The Hall–Kier alpha value is -3.68. The van der Waals surface area contributed by atoms with Gasteiger partial charge in [0.2, 0.25) is 11.5 Å². The molecule has 0 bridgehead atoms. The third-order valence-electron chi connectivity index (χ3n) is 6.42. The molecule has 0 radical (unpaired) electrons. The molecule has 1 fully saturated rings. The molecular weight excluding hydrogens is 418 g/mol. The van der Waals surface area contributed by atoms with Gasteiger partial charge in [0.25, 0.3) is 5.91 Å². The standard InChI is InChI=1S/C25H29N5O3/c1-16-3-5-18(6-4-16)23(29-24(32)21-12-14-27-30(21)2)25(33)28-20-9-7-17(8-10-20)19-11-13-26-22(31)15-19/h7-16,18,23H,3-6H2,1-2H3,(H,26,31)(H,28,33)(H,29,32)/t16?,18?,23-/m0/s1. The van der Waals surface area contributed by atoms with Crippen LogP contribution >= 0.6 is 0 Å². The van der Waals surface area contributed by atoms with Gasteiger partial charge in [-0.1, -0.05) is 31.9 Å². The summed E-state index contributed by atoms with van der Waals surface area (Å²) in [5.74, 6) is 0.177. The van der Waals surface area contributed by atoms with E-state index in [0.29, 0.717) is 17.3 Å². The van der Waals surface area contributed by atoms with E-state index in [-0.39, 0.29) is 23.3 Å². The van der Waals surface area contributed by atoms with Crippen LogP contribution in [0, 0.1) is 11.8 Å². The van der Waals surface area contributed by atoms with Crippen molar-refractivity contribution in [1.29, 1.82) is 0 Å². The zero-order chi connectivity index (χ0) is 23.4. The Morgan fingerprint density at radius 3 is 2.42 bits per heavy atom. The summed E-state index contributed by atoms with van der Waals surface area (Å²) in [4.78, 5) is 40.3. The number of rotatable bonds is 6. The molecule has 1 aromatic carbocycles. The highest BCUT2D eigenvalue weighted by atomic mass is 16.2. The highest BCUT2D eigenvalue weighted by Crippen LogP contribution is 2.31. The molecule has 4 rings (SSSR count). The molecule has 33 heavy (non-hydrogen) atoms. The molecule has 2 heterocycles. The smallest absolute Gasteiger partial charge is 0.270 e. The van der Waals surface area contributed by atoms with Crippen LogP contribution in [0.5, 0.6) is 0 Å². The van der Waals surface area contributed by atoms with Crippen molar-refractivity contribution in [3.05, 3.63) is 70.9 Å². The van der Waals surface area contributed by atoms with Crippen LogP contribution in [0.1, 0.15) is 43.1 Å². The van der Waals surface area contributed by atoms with E-state index >= 15 is 0 Å². The Kier molecular flexibility index (Phi) is 6.72. The molecule has 8 heteroatoms. The number of benzene rings is 1. The first-order valence-corrected chi connectivity index (χ1v) is 11.3. The fraction of sp³-hybridized carbons (Fsp3) is 0.360. The number of anilines is 1. The Morgan fingerprint density at radius 1 is 1.06 bits per heavy atom. The fourth-order valence-corrected chi connectivity index (χ4v) is 4.42. The number of H-pyrrole nitrogens is 1. The highest BCUT2D eigenvalue weighted by molar-refractivity contribution is 6.00. The van der Waals surface area contributed by atoms with Crippen molar-refractivity contribution in [1.82, 2.24) is 20.1 Å². The van der Waals surface area contributed by atoms with Crippen molar-refractivity contribution < 1.29 is 9.59 Å². The maximum atomic E-state index is 13.3. The van der Waals surface area contributed by atoms with Gasteiger partial charge in [0.05, 0.1) is 0 Å². The Balaban J connectivity index is 1.50. The van der Waals surface area contributed by atoms with E-state index in [4.69, 9.17) is 0 Å². The van der Waals surface area contributed by atoms with Crippen LogP contribution in [0.3, 0.4) is 0 Å². The van der Waals surface area contributed by atoms with E-state index in [2.05, 4.69) is 27.6 Å². The summed E-state index contributed by atoms with van der Waals surface area (Å²) >= 11 is 0. The Bertz CT molecular complexity index is 1170. The second-order valence-corrected chi connectivity index (χ2v) is 8.82. The van der Waals surface area contributed by atoms with Gasteiger partial charge in [-0.2, -0.15) is 5.10 Å². The van der Waals surface area contributed by atoms with Crippen molar-refractivity contribution in [2.45, 2.75) is 38.6 Å². The van der Waals surface area contributed by atoms with Crippen molar-refractivity contribution in [3.63, 3.8) is 0 Å². The van der Waals surface area contributed by atoms with E-state index < -0.39 is 6.04 Å². The highest BCUT2D eigenvalue weighted by Gasteiger charge is 2.33. The van der Waals surface area contributed by atoms with Crippen LogP contribution in [0.15, 0.2) is 59.7 Å². The van der Waals surface area contributed by atoms with Crippen molar-refractivity contribution in [3.8, 4) is 11.1 Å². The number of carbonyl (C=O) groups is 2. The molecule has 3 aromatic rings. The van der Waals surface area contributed by atoms with Gasteiger partial charge < -0.3 is 15.6 Å². The zero-order valence-corrected chi connectivity index (χ0v) is 18.9. The number of amides is 2. The number of aromatic amines is 1. The lowest BCUT2D eigenvalue weighted by Crippen LogP contribution is -2.49. The van der Waals surface area contributed by atoms with Crippen LogP contribution in [0.25, 0.3) is 11.1 Å². The van der Waals surface area contributed by atoms with E-state index in [1.807, 2.05) is 18.2 Å². The number of carbonyl (C=O) groups excluding carboxylic acids is 2. The van der Waals surface area contributed by atoms with Gasteiger partial charge in [0.1, 0.15) is 11.7 Å². The normalized spacial score (nSPS) is 19.0. The predicted molar refractivity (Wildman–Crippen MR) is 127 cm³/mol. The third-order valence-corrected chi connectivity index (χ3v) is 6.42. The Morgan fingerprint density at radius 2 is 1.79 bits per heavy atom. The predicted octanol–water partition coefficient (Wildman–Crippen LogP) is 3.34. The van der Waals surface area contributed by atoms with Gasteiger partial charge in [-0.3, -0.25) is 19.1 Å². The molecule has 2 amide bonds. The second kappa shape index (κ2) is 9.85. The fourth-order valence-electron chi connectivity index (χ4n) is 4.42. The number of hydrogen-bond donors (Lipinski definition) is 3. The molecule has 0 unspecified atom stereocenters. The summed E-state index contributed by atoms with van der Waals surface area (Å²) in [6.07, 6.45) is 7.04. The van der Waals surface area contributed by atoms with Crippen molar-refractivity contribution >= 4 is 17.5 Å². The van der Waals surface area contributed by atoms with Crippen LogP contribution in [0.4, 0.5) is 5.69 Å². The minimum atomic E-state index is -0.632. The first-order valence-electron chi connectivity index (χ1n) is 11.3. The lowest BCUT2D eigenvalue weighted by molar-refractivity contribution is -0.119. The molecule has 0 aliphatic heterocycles. The first kappa shape index (κ1) is 22.5. The average Bonchev–Trinajstić information content (AvgIpc) is 3.24. The second-order valence-electron chi connectivity index (χ2n) is 8.82. The van der Waals surface area contributed by atoms with Crippen LogP contribution in [-0.2, 0) is 11.8 Å². The van der Waals surface area contributed by atoms with Crippen LogP contribution < -0.4 is 16.2 Å². The SMILES string of the molecule is CC1CCC([C@H](NC(=O)c2ccnn2C)C(=O)Nc2ccc(-c3cc[nH]c(=O)c3)cc2)CC1. The largest absolute Gasteiger partial charge is 0.339 e. The lowest BCUT2D eigenvalue weighted by Gasteiger charge is -2.32. The molecule has 1 aliphatic rings. The van der Waals surface area contributed by atoms with Gasteiger partial charge in [0.15, 0.2) is 0 Å². The number of aromatic nitrogens is 3. The molecule has 0 saturated heterocycles. The van der Waals surface area contributed by atoms with E-state index in [0.717, 1.165) is 36.8 Å². The lowest BCUT2D eigenvalue weighted by atomic mass is 9.79. The van der Waals surface area contributed by atoms with E-state index in [9.17, 15) is 14.4 Å². The van der Waals surface area contributed by atoms with E-state index in [1.165, 1.54) is 10.7 Å². The zero-order valence-electron chi connectivity index (χ0n) is 18.9. The summed E-state index contributed by atoms with van der Waals surface area (Å²) in [6.45, 7) is 2.22. The summed E-state index contributed by atoms with van der Waals surface area (Å²) in [7, 11) is 1.70. The number of pyridine rings is 1. The van der Waals surface area contributed by atoms with Gasteiger partial charge in [-0.15, -0.1) is 0 Å². The molecule has 2 aromatic heterocycles. The Labute approximate surface area is 192 Å². The molecule has 172 valence electrons. The number of aryl methyl sites for hydroxylation is 1. The average molecular weight is 448 g/mol. The van der Waals surface area contributed by atoms with Gasteiger partial charge in [-0.05, 0) is 60.1 Å². The van der Waals surface area contributed by atoms with Gasteiger partial charge >= 0.3 is 0 Å². The monoisotopic (exact) mass is 447 g/mol. The third kappa shape index (κ3) is 5.39. The quantitative estimate of drug-likeness (QED) is 0.538. The van der Waals surface area contributed by atoms with Gasteiger partial charge in [-0.25, -0.2) is 0 Å². The summed E-state index contributed by atoms with van der Waals surface area (Å²) in [6, 6.07) is 11.7. The minimum Gasteiger partial charge on any atom is -0.339 e. The first-order chi connectivity index (χ1) is 15.9. The number of nitrogens with one attached hydrogen (secondary N) is 3.